The Morgan fingerprint density at radius 2 is 2.05 bits per heavy atom. The number of alkyl halides is 3. The summed E-state index contributed by atoms with van der Waals surface area (Å²) >= 11 is 0. The molecule has 0 amide bonds. The second-order valence-electron chi connectivity index (χ2n) is 4.81. The first kappa shape index (κ1) is 15.9. The molecule has 1 saturated heterocycles. The summed E-state index contributed by atoms with van der Waals surface area (Å²) in [4.78, 5) is 2.23. The fourth-order valence-corrected chi connectivity index (χ4v) is 2.14. The Bertz CT molecular complexity index is 432. The van der Waals surface area contributed by atoms with E-state index in [1.165, 1.54) is 0 Å². The van der Waals surface area contributed by atoms with Gasteiger partial charge >= 0.3 is 6.18 Å². The number of anilines is 1. The highest BCUT2D eigenvalue weighted by Crippen LogP contribution is 2.22. The maximum atomic E-state index is 11.9. The van der Waals surface area contributed by atoms with E-state index in [0.717, 1.165) is 38.3 Å². The highest BCUT2D eigenvalue weighted by molar-refractivity contribution is 5.50. The fraction of sp³-hybridized carbons (Fsp3) is 0.571. The van der Waals surface area contributed by atoms with Gasteiger partial charge in [0.15, 0.2) is 6.79 Å². The molecule has 7 heteroatoms. The first-order chi connectivity index (χ1) is 10.0. The number of hydrogen-bond donors (Lipinski definition) is 1. The molecule has 0 radical (unpaired) electrons. The molecule has 1 N–H and O–H groups in total. The smallest absolute Gasteiger partial charge is 0.411 e. The van der Waals surface area contributed by atoms with Gasteiger partial charge in [-0.05, 0) is 25.1 Å². The summed E-state index contributed by atoms with van der Waals surface area (Å²) < 4.78 is 45.4. The van der Waals surface area contributed by atoms with E-state index < -0.39 is 19.6 Å². The molecule has 1 heterocycles. The molecule has 21 heavy (non-hydrogen) atoms. The largest absolute Gasteiger partial charge is 0.467 e. The van der Waals surface area contributed by atoms with Gasteiger partial charge < -0.3 is 19.7 Å². The highest BCUT2D eigenvalue weighted by atomic mass is 19.4. The van der Waals surface area contributed by atoms with Crippen molar-refractivity contribution in [1.82, 2.24) is 5.32 Å². The lowest BCUT2D eigenvalue weighted by molar-refractivity contribution is -0.186. The maximum Gasteiger partial charge on any atom is 0.411 e. The zero-order valence-electron chi connectivity index (χ0n) is 11.7. The Kier molecular flexibility index (Phi) is 5.69. The van der Waals surface area contributed by atoms with Gasteiger partial charge in [-0.25, -0.2) is 0 Å². The Hall–Kier alpha value is -1.47. The van der Waals surface area contributed by atoms with Crippen LogP contribution < -0.4 is 15.0 Å². The van der Waals surface area contributed by atoms with Gasteiger partial charge in [0, 0.05) is 31.4 Å². The standard InChI is InChI=1S/C14H19F3N2O2/c15-14(16,17)10-20-11-21-13-4-1-3-12(9-13)19-7-2-5-18-6-8-19/h1,3-4,9,18H,2,5-8,10-11H2. The molecular weight excluding hydrogens is 285 g/mol. The molecular formula is C14H19F3N2O2. The molecule has 118 valence electrons. The van der Waals surface area contributed by atoms with Gasteiger partial charge in [0.05, 0.1) is 0 Å². The molecule has 1 fully saturated rings. The summed E-state index contributed by atoms with van der Waals surface area (Å²) in [6, 6.07) is 7.32. The van der Waals surface area contributed by atoms with Crippen LogP contribution >= 0.6 is 0 Å². The summed E-state index contributed by atoms with van der Waals surface area (Å²) in [6.07, 6.45) is -3.27. The summed E-state index contributed by atoms with van der Waals surface area (Å²) in [6.45, 7) is 2.04. The molecule has 0 atom stereocenters. The Morgan fingerprint density at radius 3 is 2.86 bits per heavy atom. The van der Waals surface area contributed by atoms with Crippen LogP contribution in [0.25, 0.3) is 0 Å². The molecule has 1 aliphatic rings. The predicted molar refractivity (Wildman–Crippen MR) is 73.6 cm³/mol. The van der Waals surface area contributed by atoms with Crippen molar-refractivity contribution >= 4 is 5.69 Å². The third kappa shape index (κ3) is 5.81. The van der Waals surface area contributed by atoms with Crippen LogP contribution in [-0.4, -0.2) is 45.8 Å². The minimum absolute atomic E-state index is 0.412. The summed E-state index contributed by atoms with van der Waals surface area (Å²) in [5, 5.41) is 3.32. The van der Waals surface area contributed by atoms with E-state index in [1.807, 2.05) is 18.2 Å². The third-order valence-electron chi connectivity index (χ3n) is 3.10. The van der Waals surface area contributed by atoms with Crippen LogP contribution in [0.4, 0.5) is 18.9 Å². The Morgan fingerprint density at radius 1 is 1.19 bits per heavy atom. The number of benzene rings is 1. The molecule has 1 aromatic rings. The minimum atomic E-state index is -4.33. The molecule has 0 saturated carbocycles. The number of rotatable bonds is 5. The Balaban J connectivity index is 1.85. The zero-order valence-corrected chi connectivity index (χ0v) is 11.7. The van der Waals surface area contributed by atoms with Crippen LogP contribution in [0, 0.1) is 0 Å². The van der Waals surface area contributed by atoms with Crippen LogP contribution in [0.15, 0.2) is 24.3 Å². The quantitative estimate of drug-likeness (QED) is 0.669. The third-order valence-corrected chi connectivity index (χ3v) is 3.10. The molecule has 0 spiro atoms. The van der Waals surface area contributed by atoms with E-state index >= 15 is 0 Å². The number of hydrogen-bond acceptors (Lipinski definition) is 4. The number of nitrogens with zero attached hydrogens (tertiary/aromatic N) is 1. The average Bonchev–Trinajstić information content (AvgIpc) is 2.72. The SMILES string of the molecule is FC(F)(F)COCOc1cccc(N2CCCNCC2)c1. The van der Waals surface area contributed by atoms with Gasteiger partial charge in [0.1, 0.15) is 12.4 Å². The van der Waals surface area contributed by atoms with Crippen LogP contribution in [0.1, 0.15) is 6.42 Å². The molecule has 0 aromatic heterocycles. The normalized spacial score (nSPS) is 16.6. The van der Waals surface area contributed by atoms with Gasteiger partial charge in [-0.3, -0.25) is 0 Å². The Labute approximate surface area is 121 Å². The van der Waals surface area contributed by atoms with Crippen LogP contribution in [0.5, 0.6) is 5.75 Å². The van der Waals surface area contributed by atoms with Crippen LogP contribution in [-0.2, 0) is 4.74 Å². The lowest BCUT2D eigenvalue weighted by Crippen LogP contribution is -2.27. The molecule has 0 aliphatic carbocycles. The van der Waals surface area contributed by atoms with E-state index in [1.54, 1.807) is 6.07 Å². The van der Waals surface area contributed by atoms with Gasteiger partial charge in [0.2, 0.25) is 0 Å². The van der Waals surface area contributed by atoms with E-state index in [0.29, 0.717) is 5.75 Å². The second-order valence-corrected chi connectivity index (χ2v) is 4.81. The van der Waals surface area contributed by atoms with E-state index in [2.05, 4.69) is 15.0 Å². The van der Waals surface area contributed by atoms with Crippen LogP contribution in [0.2, 0.25) is 0 Å². The summed E-state index contributed by atoms with van der Waals surface area (Å²) in [7, 11) is 0. The number of nitrogens with one attached hydrogen (secondary N) is 1. The molecule has 4 nitrogen and oxygen atoms in total. The minimum Gasteiger partial charge on any atom is -0.467 e. The van der Waals surface area contributed by atoms with Crippen molar-refractivity contribution in [3.8, 4) is 5.75 Å². The second kappa shape index (κ2) is 7.51. The van der Waals surface area contributed by atoms with Gasteiger partial charge in [-0.1, -0.05) is 6.07 Å². The van der Waals surface area contributed by atoms with Crippen molar-refractivity contribution in [3.05, 3.63) is 24.3 Å². The summed E-state index contributed by atoms with van der Waals surface area (Å²) in [5.41, 5.74) is 1.01. The van der Waals surface area contributed by atoms with Crippen molar-refractivity contribution in [3.63, 3.8) is 0 Å². The lowest BCUT2D eigenvalue weighted by atomic mass is 10.2. The highest BCUT2D eigenvalue weighted by Gasteiger charge is 2.27. The monoisotopic (exact) mass is 304 g/mol. The molecule has 1 aromatic carbocycles. The summed E-state index contributed by atoms with van der Waals surface area (Å²) in [5.74, 6) is 0.506. The van der Waals surface area contributed by atoms with Gasteiger partial charge in [0.25, 0.3) is 0 Å². The van der Waals surface area contributed by atoms with Crippen LogP contribution in [0.3, 0.4) is 0 Å². The topological polar surface area (TPSA) is 33.7 Å². The number of halogens is 3. The van der Waals surface area contributed by atoms with Crippen molar-refractivity contribution in [1.29, 1.82) is 0 Å². The molecule has 0 unspecified atom stereocenters. The fourth-order valence-electron chi connectivity index (χ4n) is 2.14. The first-order valence-corrected chi connectivity index (χ1v) is 6.88. The first-order valence-electron chi connectivity index (χ1n) is 6.88. The van der Waals surface area contributed by atoms with E-state index in [9.17, 15) is 13.2 Å². The van der Waals surface area contributed by atoms with E-state index in [4.69, 9.17) is 4.74 Å². The predicted octanol–water partition coefficient (Wildman–Crippen LogP) is 2.40. The molecule has 1 aliphatic heterocycles. The molecule has 2 rings (SSSR count). The van der Waals surface area contributed by atoms with E-state index in [-0.39, 0.29) is 0 Å². The van der Waals surface area contributed by atoms with Crippen molar-refractivity contribution in [2.75, 3.05) is 44.5 Å². The molecule has 0 bridgehead atoms. The van der Waals surface area contributed by atoms with Crippen molar-refractivity contribution < 1.29 is 22.6 Å². The van der Waals surface area contributed by atoms with Crippen molar-refractivity contribution in [2.45, 2.75) is 12.6 Å². The van der Waals surface area contributed by atoms with Gasteiger partial charge in [-0.15, -0.1) is 0 Å². The average molecular weight is 304 g/mol. The lowest BCUT2D eigenvalue weighted by Gasteiger charge is -2.22. The number of ether oxygens (including phenoxy) is 2. The van der Waals surface area contributed by atoms with Crippen molar-refractivity contribution in [2.24, 2.45) is 0 Å². The van der Waals surface area contributed by atoms with Gasteiger partial charge in [-0.2, -0.15) is 13.2 Å². The zero-order chi connectivity index (χ0) is 15.1. The maximum absolute atomic E-state index is 11.9.